The maximum atomic E-state index is 13.0. The highest BCUT2D eigenvalue weighted by atomic mass is 16.5. The van der Waals surface area contributed by atoms with Crippen molar-refractivity contribution in [1.29, 1.82) is 0 Å². The van der Waals surface area contributed by atoms with Crippen molar-refractivity contribution in [3.63, 3.8) is 0 Å². The van der Waals surface area contributed by atoms with Gasteiger partial charge < -0.3 is 14.0 Å². The Bertz CT molecular complexity index is 903. The Kier molecular flexibility index (Phi) is 4.14. The molecule has 0 aliphatic carbocycles. The Morgan fingerprint density at radius 1 is 1.24 bits per heavy atom. The zero-order chi connectivity index (χ0) is 17.2. The minimum absolute atomic E-state index is 0.0973. The Morgan fingerprint density at radius 2 is 2.12 bits per heavy atom. The van der Waals surface area contributed by atoms with E-state index in [1.54, 1.807) is 13.3 Å². The number of aromatic nitrogens is 2. The average Bonchev–Trinajstić information content (AvgIpc) is 3.31. The van der Waals surface area contributed by atoms with E-state index in [9.17, 15) is 4.79 Å². The molecule has 1 fully saturated rings. The summed E-state index contributed by atoms with van der Waals surface area (Å²) in [5.41, 5.74) is 2.98. The third kappa shape index (κ3) is 2.86. The number of likely N-dealkylation sites (tertiary alicyclic amines) is 1. The van der Waals surface area contributed by atoms with Gasteiger partial charge in [-0.1, -0.05) is 24.3 Å². The van der Waals surface area contributed by atoms with Gasteiger partial charge in [-0.05, 0) is 31.0 Å². The molecule has 1 aliphatic heterocycles. The second-order valence-electron chi connectivity index (χ2n) is 6.34. The highest BCUT2D eigenvalue weighted by Crippen LogP contribution is 2.33. The predicted octanol–water partition coefficient (Wildman–Crippen LogP) is 3.25. The quantitative estimate of drug-likeness (QED) is 0.735. The number of benzene rings is 1. The lowest BCUT2D eigenvalue weighted by Gasteiger charge is -2.26. The molecule has 0 unspecified atom stereocenters. The number of rotatable bonds is 4. The van der Waals surface area contributed by atoms with Crippen molar-refractivity contribution < 1.29 is 9.53 Å². The molecule has 4 rings (SSSR count). The van der Waals surface area contributed by atoms with Gasteiger partial charge in [0.1, 0.15) is 11.4 Å². The van der Waals surface area contributed by atoms with Gasteiger partial charge in [0.05, 0.1) is 19.6 Å². The van der Waals surface area contributed by atoms with Crippen LogP contribution in [0.2, 0.25) is 0 Å². The fraction of sp³-hybridized carbons (Fsp3) is 0.300. The molecule has 1 atom stereocenters. The third-order valence-electron chi connectivity index (χ3n) is 4.91. The number of ether oxygens (including phenoxy) is 1. The monoisotopic (exact) mass is 335 g/mol. The van der Waals surface area contributed by atoms with Crippen LogP contribution < -0.4 is 4.74 Å². The first-order valence-corrected chi connectivity index (χ1v) is 8.61. The molecule has 128 valence electrons. The third-order valence-corrected chi connectivity index (χ3v) is 4.91. The molecule has 3 aromatic rings. The molecule has 1 aromatic carbocycles. The van der Waals surface area contributed by atoms with Crippen LogP contribution in [0.4, 0.5) is 0 Å². The Hall–Kier alpha value is -2.82. The number of hydrogen-bond donors (Lipinski definition) is 0. The van der Waals surface area contributed by atoms with E-state index in [0.717, 1.165) is 42.0 Å². The van der Waals surface area contributed by atoms with E-state index in [1.165, 1.54) is 0 Å². The van der Waals surface area contributed by atoms with Crippen molar-refractivity contribution in [2.24, 2.45) is 0 Å². The predicted molar refractivity (Wildman–Crippen MR) is 95.6 cm³/mol. The first kappa shape index (κ1) is 15.7. The molecule has 0 radical (unpaired) electrons. The molecule has 0 bridgehead atoms. The fourth-order valence-electron chi connectivity index (χ4n) is 3.73. The van der Waals surface area contributed by atoms with Gasteiger partial charge in [-0.2, -0.15) is 0 Å². The number of carbonyl (C=O) groups excluding carboxylic acids is 1. The molecule has 1 aliphatic rings. The van der Waals surface area contributed by atoms with Gasteiger partial charge in [0.25, 0.3) is 0 Å². The van der Waals surface area contributed by atoms with Crippen molar-refractivity contribution in [1.82, 2.24) is 14.3 Å². The molecule has 0 spiro atoms. The molecule has 0 N–H and O–H groups in total. The van der Waals surface area contributed by atoms with Crippen LogP contribution in [-0.2, 0) is 11.2 Å². The van der Waals surface area contributed by atoms with E-state index in [2.05, 4.69) is 15.5 Å². The van der Waals surface area contributed by atoms with Gasteiger partial charge in [0, 0.05) is 30.2 Å². The fourth-order valence-corrected chi connectivity index (χ4v) is 3.73. The zero-order valence-corrected chi connectivity index (χ0v) is 14.3. The number of carbonyl (C=O) groups is 1. The van der Waals surface area contributed by atoms with Crippen molar-refractivity contribution in [3.8, 4) is 5.75 Å². The van der Waals surface area contributed by atoms with Gasteiger partial charge in [-0.3, -0.25) is 4.79 Å². The van der Waals surface area contributed by atoms with Gasteiger partial charge in [-0.15, -0.1) is 0 Å². The number of imidazole rings is 1. The van der Waals surface area contributed by atoms with E-state index in [1.807, 2.05) is 47.5 Å². The lowest BCUT2D eigenvalue weighted by atomic mass is 10.1. The normalized spacial score (nSPS) is 17.2. The summed E-state index contributed by atoms with van der Waals surface area (Å²) in [6, 6.07) is 13.9. The summed E-state index contributed by atoms with van der Waals surface area (Å²) in [6.45, 7) is 0.795. The van der Waals surface area contributed by atoms with Crippen LogP contribution in [0.1, 0.15) is 30.1 Å². The van der Waals surface area contributed by atoms with E-state index < -0.39 is 0 Å². The minimum Gasteiger partial charge on any atom is -0.496 e. The molecule has 3 heterocycles. The maximum absolute atomic E-state index is 13.0. The number of amides is 1. The second kappa shape index (κ2) is 6.59. The molecule has 0 saturated carbocycles. The zero-order valence-electron chi connectivity index (χ0n) is 14.3. The van der Waals surface area contributed by atoms with Crippen LogP contribution in [0.25, 0.3) is 5.65 Å². The van der Waals surface area contributed by atoms with Crippen LogP contribution in [0.3, 0.4) is 0 Å². The van der Waals surface area contributed by atoms with Crippen LogP contribution in [0.15, 0.2) is 54.9 Å². The van der Waals surface area contributed by atoms with Crippen LogP contribution in [0.5, 0.6) is 5.75 Å². The van der Waals surface area contributed by atoms with E-state index in [4.69, 9.17) is 4.74 Å². The Morgan fingerprint density at radius 3 is 3.00 bits per heavy atom. The van der Waals surface area contributed by atoms with Crippen molar-refractivity contribution in [3.05, 3.63) is 66.1 Å². The van der Waals surface area contributed by atoms with Gasteiger partial charge in [-0.25, -0.2) is 4.98 Å². The van der Waals surface area contributed by atoms with Crippen LogP contribution >= 0.6 is 0 Å². The standard InChI is InChI=1S/C20H21N3O2/c1-25-18-9-3-2-6-15(18)14-20(24)23-12-5-8-17(23)16-7-4-10-19-21-11-13-22(16)19/h2-4,6-7,9-11,13,17H,5,8,12,14H2,1H3/t17-/m0/s1. The average molecular weight is 335 g/mol. The highest BCUT2D eigenvalue weighted by molar-refractivity contribution is 5.80. The van der Waals surface area contributed by atoms with Gasteiger partial charge in [0.15, 0.2) is 0 Å². The number of nitrogens with zero attached hydrogens (tertiary/aromatic N) is 3. The summed E-state index contributed by atoms with van der Waals surface area (Å²) in [7, 11) is 1.64. The number of pyridine rings is 1. The summed E-state index contributed by atoms with van der Waals surface area (Å²) in [4.78, 5) is 19.3. The van der Waals surface area contributed by atoms with Gasteiger partial charge >= 0.3 is 0 Å². The first-order valence-electron chi connectivity index (χ1n) is 8.61. The Labute approximate surface area is 146 Å². The second-order valence-corrected chi connectivity index (χ2v) is 6.34. The summed E-state index contributed by atoms with van der Waals surface area (Å²) >= 11 is 0. The number of hydrogen-bond acceptors (Lipinski definition) is 3. The van der Waals surface area contributed by atoms with Crippen LogP contribution in [0, 0.1) is 0 Å². The number of fused-ring (bicyclic) bond motifs is 1. The Balaban J connectivity index is 1.61. The summed E-state index contributed by atoms with van der Waals surface area (Å²) in [6.07, 6.45) is 6.13. The lowest BCUT2D eigenvalue weighted by molar-refractivity contribution is -0.131. The van der Waals surface area contributed by atoms with E-state index in [-0.39, 0.29) is 11.9 Å². The highest BCUT2D eigenvalue weighted by Gasteiger charge is 2.31. The molecule has 5 nitrogen and oxygen atoms in total. The maximum Gasteiger partial charge on any atom is 0.227 e. The summed E-state index contributed by atoms with van der Waals surface area (Å²) in [5, 5.41) is 0. The number of methoxy groups -OCH3 is 1. The molecular weight excluding hydrogens is 314 g/mol. The molecule has 25 heavy (non-hydrogen) atoms. The largest absolute Gasteiger partial charge is 0.496 e. The molecule has 1 saturated heterocycles. The number of para-hydroxylation sites is 1. The minimum atomic E-state index is 0.0973. The summed E-state index contributed by atoms with van der Waals surface area (Å²) < 4.78 is 7.47. The lowest BCUT2D eigenvalue weighted by Crippen LogP contribution is -2.32. The molecule has 5 heteroatoms. The van der Waals surface area contributed by atoms with Crippen LogP contribution in [-0.4, -0.2) is 33.8 Å². The summed E-state index contributed by atoms with van der Waals surface area (Å²) in [5.74, 6) is 0.910. The smallest absolute Gasteiger partial charge is 0.227 e. The molecular formula is C20H21N3O2. The van der Waals surface area contributed by atoms with E-state index in [0.29, 0.717) is 6.42 Å². The molecule has 2 aromatic heterocycles. The van der Waals surface area contributed by atoms with Crippen molar-refractivity contribution in [2.45, 2.75) is 25.3 Å². The topological polar surface area (TPSA) is 46.8 Å². The van der Waals surface area contributed by atoms with Crippen molar-refractivity contribution >= 4 is 11.6 Å². The molecule has 1 amide bonds. The van der Waals surface area contributed by atoms with E-state index >= 15 is 0 Å². The SMILES string of the molecule is COc1ccccc1CC(=O)N1CCC[C@H]1c1cccc2nccn12. The van der Waals surface area contributed by atoms with Crippen molar-refractivity contribution in [2.75, 3.05) is 13.7 Å². The van der Waals surface area contributed by atoms with Gasteiger partial charge in [0.2, 0.25) is 5.91 Å². The first-order chi connectivity index (χ1) is 12.3.